The Labute approximate surface area is 224 Å². The molecule has 200 valence electrons. The van der Waals surface area contributed by atoms with Gasteiger partial charge in [-0.1, -0.05) is 23.8 Å². The average molecular weight is 517 g/mol. The van der Waals surface area contributed by atoms with E-state index in [1.54, 1.807) is 6.07 Å². The number of rotatable bonds is 5. The fourth-order valence-electron chi connectivity index (χ4n) is 6.33. The third-order valence-electron chi connectivity index (χ3n) is 8.49. The van der Waals surface area contributed by atoms with Crippen LogP contribution in [-0.2, 0) is 9.53 Å². The molecule has 4 heterocycles. The molecular formula is C30H36N4O4. The van der Waals surface area contributed by atoms with Gasteiger partial charge in [0.15, 0.2) is 0 Å². The Balaban J connectivity index is 1.12. The van der Waals surface area contributed by atoms with Crippen LogP contribution in [0.25, 0.3) is 0 Å². The number of carbonyl (C=O) groups is 3. The van der Waals surface area contributed by atoms with E-state index < -0.39 is 0 Å². The van der Waals surface area contributed by atoms with Crippen molar-refractivity contribution in [1.82, 2.24) is 9.80 Å². The van der Waals surface area contributed by atoms with Crippen LogP contribution in [0, 0.1) is 12.8 Å². The van der Waals surface area contributed by atoms with E-state index in [4.69, 9.17) is 4.74 Å². The second kappa shape index (κ2) is 10.4. The van der Waals surface area contributed by atoms with Gasteiger partial charge in [-0.15, -0.1) is 0 Å². The molecule has 2 atom stereocenters. The molecule has 6 rings (SSSR count). The van der Waals surface area contributed by atoms with Crippen LogP contribution in [0.1, 0.15) is 52.0 Å². The third kappa shape index (κ3) is 4.66. The number of amides is 3. The molecule has 3 saturated heterocycles. The first-order chi connectivity index (χ1) is 18.5. The zero-order valence-electron chi connectivity index (χ0n) is 22.1. The summed E-state index contributed by atoms with van der Waals surface area (Å²) in [5.41, 5.74) is 4.17. The number of hydrogen-bond acceptors (Lipinski definition) is 6. The van der Waals surface area contributed by atoms with Crippen molar-refractivity contribution >= 4 is 29.1 Å². The van der Waals surface area contributed by atoms with Gasteiger partial charge >= 0.3 is 0 Å². The summed E-state index contributed by atoms with van der Waals surface area (Å²) in [6.45, 7) is 7.51. The van der Waals surface area contributed by atoms with E-state index in [1.807, 2.05) is 17.0 Å². The van der Waals surface area contributed by atoms with Crippen molar-refractivity contribution in [3.8, 4) is 0 Å². The van der Waals surface area contributed by atoms with Crippen LogP contribution in [0.2, 0.25) is 0 Å². The number of nitrogens with zero attached hydrogens (tertiary/aromatic N) is 4. The minimum absolute atomic E-state index is 0.0795. The fraction of sp³-hybridized carbons (Fsp3) is 0.500. The van der Waals surface area contributed by atoms with E-state index in [2.05, 4.69) is 41.0 Å². The Bertz CT molecular complexity index is 1220. The van der Waals surface area contributed by atoms with Gasteiger partial charge in [0.25, 0.3) is 11.8 Å². The SMILES string of the molecule is Cc1ccc(N2CCN(C(=O)[C@H]3CCCN(c4cccc5c4C(=O)N(C[C@@H]4CCCO4)C5=O)C3)CC2)cc1. The summed E-state index contributed by atoms with van der Waals surface area (Å²) in [6.07, 6.45) is 3.48. The number of aryl methyl sites for hydroxylation is 1. The highest BCUT2D eigenvalue weighted by Crippen LogP contribution is 2.35. The minimum atomic E-state index is -0.239. The van der Waals surface area contributed by atoms with E-state index >= 15 is 0 Å². The maximum Gasteiger partial charge on any atom is 0.263 e. The maximum atomic E-state index is 13.6. The first kappa shape index (κ1) is 24.9. The van der Waals surface area contributed by atoms with Crippen molar-refractivity contribution < 1.29 is 19.1 Å². The number of piperazine rings is 1. The Morgan fingerprint density at radius 1 is 0.895 bits per heavy atom. The number of carbonyl (C=O) groups excluding carboxylic acids is 3. The van der Waals surface area contributed by atoms with Gasteiger partial charge in [0.1, 0.15) is 0 Å². The van der Waals surface area contributed by atoms with Crippen LogP contribution < -0.4 is 9.80 Å². The highest BCUT2D eigenvalue weighted by molar-refractivity contribution is 6.23. The summed E-state index contributed by atoms with van der Waals surface area (Å²) >= 11 is 0. The normalized spacial score (nSPS) is 23.8. The number of benzene rings is 2. The standard InChI is InChI=1S/C30H36N4O4/c1-21-9-11-23(12-10-21)31-14-16-32(17-15-31)28(35)22-5-3-13-33(19-22)26-8-2-7-25-27(26)30(37)34(29(25)36)20-24-6-4-18-38-24/h2,7-12,22,24H,3-6,13-20H2,1H3/t22-,24-/m0/s1. The summed E-state index contributed by atoms with van der Waals surface area (Å²) in [6, 6.07) is 14.1. The van der Waals surface area contributed by atoms with E-state index in [-0.39, 0.29) is 29.7 Å². The molecule has 0 aliphatic carbocycles. The number of fused-ring (bicyclic) bond motifs is 1. The van der Waals surface area contributed by atoms with E-state index in [0.717, 1.165) is 64.1 Å². The first-order valence-electron chi connectivity index (χ1n) is 14.0. The van der Waals surface area contributed by atoms with Gasteiger partial charge in [-0.3, -0.25) is 19.3 Å². The van der Waals surface area contributed by atoms with Gasteiger partial charge in [-0.25, -0.2) is 0 Å². The predicted molar refractivity (Wildman–Crippen MR) is 146 cm³/mol. The molecule has 0 bridgehead atoms. The van der Waals surface area contributed by atoms with Crippen LogP contribution in [0.15, 0.2) is 42.5 Å². The predicted octanol–water partition coefficient (Wildman–Crippen LogP) is 3.34. The van der Waals surface area contributed by atoms with Crippen molar-refractivity contribution in [2.75, 3.05) is 62.2 Å². The lowest BCUT2D eigenvalue weighted by Gasteiger charge is -2.40. The molecule has 8 nitrogen and oxygen atoms in total. The zero-order valence-corrected chi connectivity index (χ0v) is 22.1. The molecule has 0 aromatic heterocycles. The highest BCUT2D eigenvalue weighted by Gasteiger charge is 2.41. The number of anilines is 2. The van der Waals surface area contributed by atoms with Crippen LogP contribution in [0.4, 0.5) is 11.4 Å². The third-order valence-corrected chi connectivity index (χ3v) is 8.49. The zero-order chi connectivity index (χ0) is 26.2. The van der Waals surface area contributed by atoms with Crippen molar-refractivity contribution in [2.45, 2.75) is 38.7 Å². The van der Waals surface area contributed by atoms with Crippen LogP contribution in [0.5, 0.6) is 0 Å². The molecule has 0 N–H and O–H groups in total. The molecule has 0 radical (unpaired) electrons. The molecule has 3 fully saturated rings. The Hall–Kier alpha value is -3.39. The lowest BCUT2D eigenvalue weighted by atomic mass is 9.94. The molecule has 8 heteroatoms. The van der Waals surface area contributed by atoms with Crippen LogP contribution in [0.3, 0.4) is 0 Å². The van der Waals surface area contributed by atoms with Gasteiger partial charge in [0.2, 0.25) is 5.91 Å². The Morgan fingerprint density at radius 2 is 1.68 bits per heavy atom. The number of imide groups is 1. The number of ether oxygens (including phenoxy) is 1. The van der Waals surface area contributed by atoms with Crippen molar-refractivity contribution in [3.63, 3.8) is 0 Å². The number of hydrogen-bond donors (Lipinski definition) is 0. The topological polar surface area (TPSA) is 73.4 Å². The molecule has 0 spiro atoms. The van der Waals surface area contributed by atoms with Gasteiger partial charge < -0.3 is 19.4 Å². The summed E-state index contributed by atoms with van der Waals surface area (Å²) in [4.78, 5) is 47.9. The molecular weight excluding hydrogens is 480 g/mol. The summed E-state index contributed by atoms with van der Waals surface area (Å²) < 4.78 is 5.69. The minimum Gasteiger partial charge on any atom is -0.376 e. The van der Waals surface area contributed by atoms with Gasteiger partial charge in [-0.05, 0) is 56.9 Å². The van der Waals surface area contributed by atoms with Gasteiger partial charge in [-0.2, -0.15) is 0 Å². The lowest BCUT2D eigenvalue weighted by molar-refractivity contribution is -0.136. The van der Waals surface area contributed by atoms with Gasteiger partial charge in [0.05, 0.1) is 35.4 Å². The van der Waals surface area contributed by atoms with Crippen LogP contribution in [-0.4, -0.2) is 86.0 Å². The van der Waals surface area contributed by atoms with Crippen molar-refractivity contribution in [3.05, 3.63) is 59.2 Å². The molecule has 0 unspecified atom stereocenters. The summed E-state index contributed by atoms with van der Waals surface area (Å²) in [5, 5.41) is 0. The molecule has 2 aromatic carbocycles. The monoisotopic (exact) mass is 516 g/mol. The van der Waals surface area contributed by atoms with E-state index in [0.29, 0.717) is 30.8 Å². The maximum absolute atomic E-state index is 13.6. The largest absolute Gasteiger partial charge is 0.376 e. The summed E-state index contributed by atoms with van der Waals surface area (Å²) in [7, 11) is 0. The molecule has 38 heavy (non-hydrogen) atoms. The molecule has 3 amide bonds. The Kier molecular flexibility index (Phi) is 6.82. The van der Waals surface area contributed by atoms with Crippen molar-refractivity contribution in [2.24, 2.45) is 5.92 Å². The molecule has 0 saturated carbocycles. The second-order valence-corrected chi connectivity index (χ2v) is 11.0. The molecule has 4 aliphatic rings. The summed E-state index contributed by atoms with van der Waals surface area (Å²) in [5.74, 6) is -0.385. The molecule has 4 aliphatic heterocycles. The quantitative estimate of drug-likeness (QED) is 0.568. The lowest BCUT2D eigenvalue weighted by Crippen LogP contribution is -2.52. The number of piperidine rings is 1. The second-order valence-electron chi connectivity index (χ2n) is 11.0. The first-order valence-corrected chi connectivity index (χ1v) is 14.0. The van der Waals surface area contributed by atoms with E-state index in [9.17, 15) is 14.4 Å². The average Bonchev–Trinajstić information content (AvgIpc) is 3.56. The van der Waals surface area contributed by atoms with Crippen molar-refractivity contribution in [1.29, 1.82) is 0 Å². The molecule has 2 aromatic rings. The van der Waals surface area contributed by atoms with Crippen LogP contribution >= 0.6 is 0 Å². The highest BCUT2D eigenvalue weighted by atomic mass is 16.5. The Morgan fingerprint density at radius 3 is 2.42 bits per heavy atom. The smallest absolute Gasteiger partial charge is 0.263 e. The van der Waals surface area contributed by atoms with E-state index in [1.165, 1.54) is 16.2 Å². The van der Waals surface area contributed by atoms with Gasteiger partial charge in [0, 0.05) is 51.6 Å². The fourth-order valence-corrected chi connectivity index (χ4v) is 6.33.